The van der Waals surface area contributed by atoms with Crippen LogP contribution in [0.3, 0.4) is 0 Å². The summed E-state index contributed by atoms with van der Waals surface area (Å²) in [4.78, 5) is 24.9. The van der Waals surface area contributed by atoms with Crippen LogP contribution < -0.4 is 0 Å². The first-order chi connectivity index (χ1) is 12.0. The van der Waals surface area contributed by atoms with Gasteiger partial charge in [0, 0.05) is 23.8 Å². The van der Waals surface area contributed by atoms with Crippen LogP contribution in [0.5, 0.6) is 0 Å². The summed E-state index contributed by atoms with van der Waals surface area (Å²) >= 11 is 5.94. The van der Waals surface area contributed by atoms with Crippen LogP contribution in [-0.4, -0.2) is 34.9 Å². The molecule has 0 aliphatic rings. The van der Waals surface area contributed by atoms with Gasteiger partial charge in [-0.2, -0.15) is 4.98 Å². The van der Waals surface area contributed by atoms with E-state index in [9.17, 15) is 4.79 Å². The molecule has 0 radical (unpaired) electrons. The minimum atomic E-state index is -0.627. The van der Waals surface area contributed by atoms with Crippen LogP contribution in [0.4, 0.5) is 0 Å². The molecule has 4 rings (SSSR count). The van der Waals surface area contributed by atoms with Crippen molar-refractivity contribution in [2.45, 2.75) is 20.5 Å². The van der Waals surface area contributed by atoms with Gasteiger partial charge in [-0.3, -0.25) is 0 Å². The quantitative estimate of drug-likeness (QED) is 0.524. The van der Waals surface area contributed by atoms with Gasteiger partial charge in [0.25, 0.3) is 11.6 Å². The average molecular weight is 357 g/mol. The third-order valence-electron chi connectivity index (χ3n) is 3.62. The van der Waals surface area contributed by atoms with Gasteiger partial charge < -0.3 is 9.14 Å². The van der Waals surface area contributed by atoms with Gasteiger partial charge >= 0.3 is 5.97 Å². The first-order valence-electron chi connectivity index (χ1n) is 7.51. The molecule has 8 nitrogen and oxygen atoms in total. The van der Waals surface area contributed by atoms with Crippen LogP contribution in [0.2, 0.25) is 5.02 Å². The topological polar surface area (TPSA) is 86.7 Å². The van der Waals surface area contributed by atoms with Crippen LogP contribution in [0.25, 0.3) is 11.4 Å². The number of nitrogens with zero attached hydrogens (tertiary/aromatic N) is 6. The lowest BCUT2D eigenvalue weighted by Crippen LogP contribution is -2.08. The predicted octanol–water partition coefficient (Wildman–Crippen LogP) is 2.40. The molecule has 0 aromatic carbocycles. The zero-order valence-electron chi connectivity index (χ0n) is 13.5. The van der Waals surface area contributed by atoms with E-state index in [4.69, 9.17) is 16.3 Å². The third-order valence-corrected chi connectivity index (χ3v) is 3.84. The molecule has 4 aromatic heterocycles. The Morgan fingerprint density at radius 2 is 2.04 bits per heavy atom. The van der Waals surface area contributed by atoms with Gasteiger partial charge in [0.1, 0.15) is 12.3 Å². The highest BCUT2D eigenvalue weighted by atomic mass is 35.5. The van der Waals surface area contributed by atoms with Crippen LogP contribution in [-0.2, 0) is 11.3 Å². The maximum atomic E-state index is 12.2. The van der Waals surface area contributed by atoms with Crippen molar-refractivity contribution in [3.05, 3.63) is 58.5 Å². The molecule has 0 amide bonds. The van der Waals surface area contributed by atoms with Gasteiger partial charge in [0.05, 0.1) is 10.7 Å². The van der Waals surface area contributed by atoms with Crippen LogP contribution in [0.1, 0.15) is 27.7 Å². The van der Waals surface area contributed by atoms with Crippen LogP contribution >= 0.6 is 11.6 Å². The summed E-state index contributed by atoms with van der Waals surface area (Å²) < 4.78 is 8.54. The van der Waals surface area contributed by atoms with Crippen LogP contribution in [0.15, 0.2) is 30.6 Å². The number of fused-ring (bicyclic) bond motifs is 2. The first-order valence-corrected chi connectivity index (χ1v) is 7.89. The minimum Gasteiger partial charge on any atom is -0.453 e. The molecule has 0 spiro atoms. The number of carbonyl (C=O) groups excluding carboxylic acids is 1. The summed E-state index contributed by atoms with van der Waals surface area (Å²) in [6, 6.07) is 5.39. The normalized spacial score (nSPS) is 11.3. The van der Waals surface area contributed by atoms with Crippen molar-refractivity contribution in [3.63, 3.8) is 0 Å². The SMILES string of the molecule is Cc1cc(C)n2nc(C(=O)OCc3cn4cc(Cl)ccc4n3)nc2n1. The standard InChI is InChI=1S/C16H13ClN6O2/c1-9-5-10(2)23-16(18-9)20-14(21-23)15(24)25-8-12-7-22-6-11(17)3-4-13(22)19-12/h3-7H,8H2,1-2H3. The lowest BCUT2D eigenvalue weighted by Gasteiger charge is -1.98. The maximum Gasteiger partial charge on any atom is 0.378 e. The summed E-state index contributed by atoms with van der Waals surface area (Å²) in [6.07, 6.45) is 3.48. The Hall–Kier alpha value is -3.00. The second-order valence-electron chi connectivity index (χ2n) is 5.61. The van der Waals surface area contributed by atoms with E-state index in [-0.39, 0.29) is 12.4 Å². The zero-order chi connectivity index (χ0) is 17.6. The van der Waals surface area contributed by atoms with E-state index < -0.39 is 5.97 Å². The van der Waals surface area contributed by atoms with Crippen molar-refractivity contribution < 1.29 is 9.53 Å². The fraction of sp³-hybridized carbons (Fsp3) is 0.188. The first kappa shape index (κ1) is 15.5. The van der Waals surface area contributed by atoms with E-state index >= 15 is 0 Å². The van der Waals surface area contributed by atoms with Gasteiger partial charge in [-0.25, -0.2) is 19.3 Å². The Bertz CT molecular complexity index is 1120. The van der Waals surface area contributed by atoms with Crippen molar-refractivity contribution in [2.75, 3.05) is 0 Å². The molecule has 0 aliphatic heterocycles. The number of pyridine rings is 1. The van der Waals surface area contributed by atoms with E-state index in [1.54, 1.807) is 28.9 Å². The predicted molar refractivity (Wildman–Crippen MR) is 89.6 cm³/mol. The Labute approximate surface area is 147 Å². The molecule has 4 aromatic rings. The monoisotopic (exact) mass is 356 g/mol. The van der Waals surface area contributed by atoms with E-state index in [2.05, 4.69) is 20.1 Å². The fourth-order valence-electron chi connectivity index (χ4n) is 2.54. The Morgan fingerprint density at radius 1 is 1.20 bits per heavy atom. The molecule has 0 bridgehead atoms. The van der Waals surface area contributed by atoms with E-state index in [1.807, 2.05) is 19.9 Å². The summed E-state index contributed by atoms with van der Waals surface area (Å²) in [5.74, 6) is -0.294. The summed E-state index contributed by atoms with van der Waals surface area (Å²) in [7, 11) is 0. The molecule has 25 heavy (non-hydrogen) atoms. The molecule has 0 saturated heterocycles. The number of aryl methyl sites for hydroxylation is 2. The smallest absolute Gasteiger partial charge is 0.378 e. The highest BCUT2D eigenvalue weighted by Gasteiger charge is 2.17. The Morgan fingerprint density at radius 3 is 2.88 bits per heavy atom. The summed E-state index contributed by atoms with van der Waals surface area (Å²) in [5.41, 5.74) is 2.97. The second-order valence-corrected chi connectivity index (χ2v) is 6.04. The third kappa shape index (κ3) is 2.91. The van der Waals surface area contributed by atoms with Crippen LogP contribution in [0, 0.1) is 13.8 Å². The molecule has 4 heterocycles. The van der Waals surface area contributed by atoms with Crippen molar-refractivity contribution in [2.24, 2.45) is 0 Å². The largest absolute Gasteiger partial charge is 0.453 e. The van der Waals surface area contributed by atoms with Crippen molar-refractivity contribution in [3.8, 4) is 0 Å². The molecule has 0 unspecified atom stereocenters. The highest BCUT2D eigenvalue weighted by molar-refractivity contribution is 6.30. The van der Waals surface area contributed by atoms with E-state index in [0.29, 0.717) is 16.5 Å². The number of carbonyl (C=O) groups is 1. The molecule has 0 fully saturated rings. The number of esters is 1. The van der Waals surface area contributed by atoms with E-state index in [1.165, 1.54) is 4.52 Å². The number of halogens is 1. The molecule has 9 heteroatoms. The Balaban J connectivity index is 1.54. The molecular weight excluding hydrogens is 344 g/mol. The van der Waals surface area contributed by atoms with Crippen molar-refractivity contribution >= 4 is 29.0 Å². The van der Waals surface area contributed by atoms with Gasteiger partial charge in [-0.15, -0.1) is 5.10 Å². The molecule has 0 N–H and O–H groups in total. The second kappa shape index (κ2) is 5.82. The number of rotatable bonds is 3. The molecule has 0 atom stereocenters. The molecule has 0 aliphatic carbocycles. The highest BCUT2D eigenvalue weighted by Crippen LogP contribution is 2.13. The summed E-state index contributed by atoms with van der Waals surface area (Å²) in [5, 5.41) is 4.74. The lowest BCUT2D eigenvalue weighted by molar-refractivity contribution is 0.0454. The average Bonchev–Trinajstić information content (AvgIpc) is 3.15. The fourth-order valence-corrected chi connectivity index (χ4v) is 2.71. The van der Waals surface area contributed by atoms with Gasteiger partial charge in [0.2, 0.25) is 0 Å². The summed E-state index contributed by atoms with van der Waals surface area (Å²) in [6.45, 7) is 3.74. The van der Waals surface area contributed by atoms with Crippen molar-refractivity contribution in [1.82, 2.24) is 29.0 Å². The van der Waals surface area contributed by atoms with Gasteiger partial charge in [-0.05, 0) is 32.0 Å². The lowest BCUT2D eigenvalue weighted by atomic mass is 10.4. The van der Waals surface area contributed by atoms with Gasteiger partial charge in [0.15, 0.2) is 0 Å². The number of hydrogen-bond acceptors (Lipinski definition) is 6. The number of hydrogen-bond donors (Lipinski definition) is 0. The number of aromatic nitrogens is 6. The molecule has 0 saturated carbocycles. The zero-order valence-corrected chi connectivity index (χ0v) is 14.2. The van der Waals surface area contributed by atoms with E-state index in [0.717, 1.165) is 17.0 Å². The molecule has 126 valence electrons. The number of imidazole rings is 1. The Kier molecular flexibility index (Phi) is 3.61. The van der Waals surface area contributed by atoms with Gasteiger partial charge in [-0.1, -0.05) is 11.6 Å². The van der Waals surface area contributed by atoms with Crippen molar-refractivity contribution in [1.29, 1.82) is 0 Å². The molecular formula is C16H13ClN6O2. The minimum absolute atomic E-state index is 0.0130. The maximum absolute atomic E-state index is 12.2. The number of ether oxygens (including phenoxy) is 1.